The van der Waals surface area contributed by atoms with Gasteiger partial charge in [0.05, 0.1) is 4.88 Å². The predicted molar refractivity (Wildman–Crippen MR) is 94.1 cm³/mol. The standard InChI is InChI=1S/C16H17N7OS/c1-12-6-13(25-8-12)16(24)22-4-2-21(3-5-22)14-7-15(19-10-18-14)23-11-17-9-20-23/h6-11H,2-5H2,1H3. The molecule has 1 amide bonds. The van der Waals surface area contributed by atoms with Crippen molar-refractivity contribution in [2.75, 3.05) is 31.1 Å². The Balaban J connectivity index is 1.44. The summed E-state index contributed by atoms with van der Waals surface area (Å²) in [6.45, 7) is 4.84. The van der Waals surface area contributed by atoms with Crippen LogP contribution in [0.1, 0.15) is 15.2 Å². The Bertz CT molecular complexity index is 868. The molecule has 0 N–H and O–H groups in total. The molecule has 0 atom stereocenters. The van der Waals surface area contributed by atoms with Gasteiger partial charge in [0, 0.05) is 32.2 Å². The maximum absolute atomic E-state index is 12.5. The number of carbonyl (C=O) groups excluding carboxylic acids is 1. The average molecular weight is 355 g/mol. The van der Waals surface area contributed by atoms with Crippen LogP contribution in [0.4, 0.5) is 5.82 Å². The lowest BCUT2D eigenvalue weighted by atomic mass is 10.2. The molecule has 0 aliphatic carbocycles. The van der Waals surface area contributed by atoms with Gasteiger partial charge in [-0.15, -0.1) is 11.3 Å². The summed E-state index contributed by atoms with van der Waals surface area (Å²) >= 11 is 1.51. The first-order valence-corrected chi connectivity index (χ1v) is 8.85. The number of rotatable bonds is 3. The maximum Gasteiger partial charge on any atom is 0.264 e. The third kappa shape index (κ3) is 3.22. The number of aryl methyl sites for hydroxylation is 1. The summed E-state index contributed by atoms with van der Waals surface area (Å²) in [5.41, 5.74) is 1.13. The molecule has 4 heterocycles. The Kier molecular flexibility index (Phi) is 4.14. The van der Waals surface area contributed by atoms with Crippen LogP contribution in [0.2, 0.25) is 0 Å². The molecular weight excluding hydrogens is 338 g/mol. The van der Waals surface area contributed by atoms with Crippen molar-refractivity contribution in [3.63, 3.8) is 0 Å². The molecule has 8 nitrogen and oxygen atoms in total. The lowest BCUT2D eigenvalue weighted by molar-refractivity contribution is 0.0751. The zero-order valence-electron chi connectivity index (χ0n) is 13.7. The van der Waals surface area contributed by atoms with Crippen molar-refractivity contribution in [3.8, 4) is 5.82 Å². The number of anilines is 1. The fourth-order valence-electron chi connectivity index (χ4n) is 2.80. The summed E-state index contributed by atoms with van der Waals surface area (Å²) in [4.78, 5) is 29.9. The van der Waals surface area contributed by atoms with E-state index in [1.54, 1.807) is 11.0 Å². The Morgan fingerprint density at radius 1 is 1.08 bits per heavy atom. The zero-order chi connectivity index (χ0) is 17.2. The molecule has 25 heavy (non-hydrogen) atoms. The molecule has 3 aromatic heterocycles. The van der Waals surface area contributed by atoms with Crippen LogP contribution < -0.4 is 4.90 Å². The van der Waals surface area contributed by atoms with Gasteiger partial charge in [-0.05, 0) is 23.9 Å². The molecular formula is C16H17N7OS. The molecule has 0 saturated carbocycles. The van der Waals surface area contributed by atoms with Crippen LogP contribution in [0.15, 0.2) is 36.5 Å². The minimum absolute atomic E-state index is 0.115. The Labute approximate surface area is 148 Å². The maximum atomic E-state index is 12.5. The minimum Gasteiger partial charge on any atom is -0.353 e. The number of carbonyl (C=O) groups is 1. The van der Waals surface area contributed by atoms with E-state index in [2.05, 4.69) is 25.0 Å². The topological polar surface area (TPSA) is 80.0 Å². The van der Waals surface area contributed by atoms with E-state index in [-0.39, 0.29) is 5.91 Å². The van der Waals surface area contributed by atoms with E-state index in [0.717, 1.165) is 29.3 Å². The van der Waals surface area contributed by atoms with Crippen LogP contribution in [0.25, 0.3) is 5.82 Å². The summed E-state index contributed by atoms with van der Waals surface area (Å²) in [6, 6.07) is 3.84. The van der Waals surface area contributed by atoms with Gasteiger partial charge in [-0.1, -0.05) is 0 Å². The first kappa shape index (κ1) is 15.7. The first-order chi connectivity index (χ1) is 12.2. The van der Waals surface area contributed by atoms with Gasteiger partial charge in [-0.25, -0.2) is 19.6 Å². The number of nitrogens with zero attached hydrogens (tertiary/aromatic N) is 7. The number of aromatic nitrogens is 5. The van der Waals surface area contributed by atoms with E-state index >= 15 is 0 Å². The lowest BCUT2D eigenvalue weighted by Crippen LogP contribution is -2.48. The van der Waals surface area contributed by atoms with Crippen molar-refractivity contribution < 1.29 is 4.79 Å². The molecule has 0 radical (unpaired) electrons. The van der Waals surface area contributed by atoms with Gasteiger partial charge in [0.25, 0.3) is 5.91 Å². The molecule has 0 unspecified atom stereocenters. The van der Waals surface area contributed by atoms with Gasteiger partial charge < -0.3 is 9.80 Å². The molecule has 4 rings (SSSR count). The second-order valence-electron chi connectivity index (χ2n) is 5.84. The largest absolute Gasteiger partial charge is 0.353 e. The van der Waals surface area contributed by atoms with Gasteiger partial charge in [0.2, 0.25) is 0 Å². The van der Waals surface area contributed by atoms with Gasteiger partial charge in [-0.2, -0.15) is 5.10 Å². The first-order valence-electron chi connectivity index (χ1n) is 7.97. The van der Waals surface area contributed by atoms with Crippen LogP contribution in [-0.2, 0) is 0 Å². The third-order valence-corrected chi connectivity index (χ3v) is 5.16. The summed E-state index contributed by atoms with van der Waals surface area (Å²) in [6.07, 6.45) is 4.60. The van der Waals surface area contributed by atoms with E-state index in [9.17, 15) is 4.79 Å². The van der Waals surface area contributed by atoms with E-state index < -0.39 is 0 Å². The zero-order valence-corrected chi connectivity index (χ0v) is 14.6. The predicted octanol–water partition coefficient (Wildman–Crippen LogP) is 1.39. The highest BCUT2D eigenvalue weighted by atomic mass is 32.1. The van der Waals surface area contributed by atoms with E-state index in [4.69, 9.17) is 0 Å². The summed E-state index contributed by atoms with van der Waals surface area (Å²) in [5.74, 6) is 1.62. The van der Waals surface area contributed by atoms with Crippen LogP contribution in [0, 0.1) is 6.92 Å². The van der Waals surface area contributed by atoms with Crippen molar-refractivity contribution in [3.05, 3.63) is 46.9 Å². The number of amides is 1. The highest BCUT2D eigenvalue weighted by Gasteiger charge is 2.24. The molecule has 3 aromatic rings. The molecule has 0 bridgehead atoms. The molecule has 9 heteroatoms. The Hall–Kier alpha value is -2.81. The number of thiophene rings is 1. The van der Waals surface area contributed by atoms with Crippen molar-refractivity contribution in [2.24, 2.45) is 0 Å². The molecule has 1 fully saturated rings. The number of hydrogen-bond acceptors (Lipinski definition) is 7. The third-order valence-electron chi connectivity index (χ3n) is 4.12. The van der Waals surface area contributed by atoms with Crippen molar-refractivity contribution in [1.82, 2.24) is 29.6 Å². The highest BCUT2D eigenvalue weighted by molar-refractivity contribution is 7.12. The highest BCUT2D eigenvalue weighted by Crippen LogP contribution is 2.19. The Morgan fingerprint density at radius 3 is 2.56 bits per heavy atom. The van der Waals surface area contributed by atoms with Gasteiger partial charge in [0.1, 0.15) is 24.8 Å². The summed E-state index contributed by atoms with van der Waals surface area (Å²) in [7, 11) is 0. The van der Waals surface area contributed by atoms with Crippen molar-refractivity contribution >= 4 is 23.1 Å². The molecule has 1 saturated heterocycles. The normalized spacial score (nSPS) is 14.8. The molecule has 1 aliphatic rings. The fraction of sp³-hybridized carbons (Fsp3) is 0.312. The van der Waals surface area contributed by atoms with Crippen molar-refractivity contribution in [2.45, 2.75) is 6.92 Å². The lowest BCUT2D eigenvalue weighted by Gasteiger charge is -2.35. The van der Waals surface area contributed by atoms with Crippen LogP contribution >= 0.6 is 11.3 Å². The SMILES string of the molecule is Cc1csc(C(=O)N2CCN(c3cc(-n4cncn4)ncn3)CC2)c1. The van der Waals surface area contributed by atoms with Gasteiger partial charge in [0.15, 0.2) is 5.82 Å². The van der Waals surface area contributed by atoms with E-state index in [0.29, 0.717) is 18.9 Å². The van der Waals surface area contributed by atoms with Gasteiger partial charge >= 0.3 is 0 Å². The molecule has 0 spiro atoms. The quantitative estimate of drug-likeness (QED) is 0.706. The van der Waals surface area contributed by atoms with Crippen LogP contribution in [-0.4, -0.2) is 61.7 Å². The van der Waals surface area contributed by atoms with Crippen molar-refractivity contribution in [1.29, 1.82) is 0 Å². The second-order valence-corrected chi connectivity index (χ2v) is 6.75. The van der Waals surface area contributed by atoms with Gasteiger partial charge in [-0.3, -0.25) is 4.79 Å². The van der Waals surface area contributed by atoms with E-state index in [1.807, 2.05) is 29.3 Å². The fourth-order valence-corrected chi connectivity index (χ4v) is 3.66. The Morgan fingerprint density at radius 2 is 1.88 bits per heavy atom. The summed E-state index contributed by atoms with van der Waals surface area (Å²) in [5, 5.41) is 6.10. The minimum atomic E-state index is 0.115. The smallest absolute Gasteiger partial charge is 0.264 e. The summed E-state index contributed by atoms with van der Waals surface area (Å²) < 4.78 is 1.60. The average Bonchev–Trinajstić information content (AvgIpc) is 3.33. The second kappa shape index (κ2) is 6.60. The van der Waals surface area contributed by atoms with E-state index in [1.165, 1.54) is 24.0 Å². The molecule has 128 valence electrons. The van der Waals surface area contributed by atoms with Crippen LogP contribution in [0.5, 0.6) is 0 Å². The molecule has 1 aliphatic heterocycles. The molecule has 0 aromatic carbocycles. The number of hydrogen-bond donors (Lipinski definition) is 0. The monoisotopic (exact) mass is 355 g/mol. The van der Waals surface area contributed by atoms with Crippen LogP contribution in [0.3, 0.4) is 0 Å². The number of piperazine rings is 1.